The Bertz CT molecular complexity index is 260. The molecular formula is C12H23N3O2. The van der Waals surface area contributed by atoms with E-state index in [2.05, 4.69) is 10.5 Å². The van der Waals surface area contributed by atoms with Crippen LogP contribution in [0.2, 0.25) is 0 Å². The third-order valence-corrected chi connectivity index (χ3v) is 3.34. The Morgan fingerprint density at radius 1 is 1.29 bits per heavy atom. The summed E-state index contributed by atoms with van der Waals surface area (Å²) in [7, 11) is 0. The van der Waals surface area contributed by atoms with Gasteiger partial charge in [-0.1, -0.05) is 37.3 Å². The highest BCUT2D eigenvalue weighted by atomic mass is 16.4. The molecular weight excluding hydrogens is 218 g/mol. The van der Waals surface area contributed by atoms with Crippen molar-refractivity contribution in [1.82, 2.24) is 5.32 Å². The van der Waals surface area contributed by atoms with E-state index in [0.717, 1.165) is 12.3 Å². The van der Waals surface area contributed by atoms with Gasteiger partial charge in [-0.3, -0.25) is 4.79 Å². The van der Waals surface area contributed by atoms with Crippen LogP contribution in [0.4, 0.5) is 0 Å². The van der Waals surface area contributed by atoms with E-state index in [1.807, 2.05) is 0 Å². The second-order valence-electron chi connectivity index (χ2n) is 4.73. The molecule has 0 aromatic heterocycles. The first-order valence-electron chi connectivity index (χ1n) is 6.45. The number of amides is 1. The van der Waals surface area contributed by atoms with Crippen molar-refractivity contribution in [3.05, 3.63) is 0 Å². The maximum absolute atomic E-state index is 11.5. The molecule has 5 nitrogen and oxygen atoms in total. The average Bonchev–Trinajstić information content (AvgIpc) is 2.37. The number of hydrogen-bond donors (Lipinski definition) is 3. The quantitative estimate of drug-likeness (QED) is 0.286. The largest absolute Gasteiger partial charge is 0.409 e. The van der Waals surface area contributed by atoms with Crippen LogP contribution in [-0.4, -0.2) is 23.5 Å². The molecule has 0 saturated heterocycles. The molecule has 0 heterocycles. The van der Waals surface area contributed by atoms with Gasteiger partial charge < -0.3 is 16.3 Å². The summed E-state index contributed by atoms with van der Waals surface area (Å²) < 4.78 is 0. The molecule has 4 N–H and O–H groups in total. The van der Waals surface area contributed by atoms with Crippen LogP contribution in [0, 0.1) is 5.92 Å². The smallest absolute Gasteiger partial charge is 0.220 e. The van der Waals surface area contributed by atoms with E-state index >= 15 is 0 Å². The van der Waals surface area contributed by atoms with Gasteiger partial charge in [-0.2, -0.15) is 0 Å². The Balaban J connectivity index is 2.04. The lowest BCUT2D eigenvalue weighted by atomic mass is 9.86. The van der Waals surface area contributed by atoms with E-state index in [1.54, 1.807) is 0 Å². The molecule has 1 aliphatic rings. The molecule has 1 rings (SSSR count). The number of oxime groups is 1. The van der Waals surface area contributed by atoms with Crippen LogP contribution >= 0.6 is 0 Å². The lowest BCUT2D eigenvalue weighted by Crippen LogP contribution is -2.28. The minimum absolute atomic E-state index is 0.0707. The predicted molar refractivity (Wildman–Crippen MR) is 66.8 cm³/mol. The van der Waals surface area contributed by atoms with Gasteiger partial charge in [0.25, 0.3) is 0 Å². The van der Waals surface area contributed by atoms with Crippen molar-refractivity contribution in [3.8, 4) is 0 Å². The van der Waals surface area contributed by atoms with Gasteiger partial charge in [0.2, 0.25) is 5.91 Å². The molecule has 17 heavy (non-hydrogen) atoms. The SMILES string of the molecule is NC(CCNC(=O)CCC1CCCCC1)=NO. The van der Waals surface area contributed by atoms with E-state index in [9.17, 15) is 4.79 Å². The number of nitrogens with zero attached hydrogens (tertiary/aromatic N) is 1. The van der Waals surface area contributed by atoms with Gasteiger partial charge in [0.15, 0.2) is 0 Å². The highest BCUT2D eigenvalue weighted by Gasteiger charge is 2.14. The number of hydrogen-bond acceptors (Lipinski definition) is 3. The Morgan fingerprint density at radius 3 is 2.65 bits per heavy atom. The predicted octanol–water partition coefficient (Wildman–Crippen LogP) is 1.60. The number of rotatable bonds is 6. The third-order valence-electron chi connectivity index (χ3n) is 3.34. The number of nitrogens with one attached hydrogen (secondary N) is 1. The number of nitrogens with two attached hydrogens (primary N) is 1. The lowest BCUT2D eigenvalue weighted by Gasteiger charge is -2.20. The van der Waals surface area contributed by atoms with Gasteiger partial charge in [0.1, 0.15) is 5.84 Å². The Labute approximate surface area is 102 Å². The van der Waals surface area contributed by atoms with Gasteiger partial charge >= 0.3 is 0 Å². The first kappa shape index (κ1) is 13.8. The molecule has 0 spiro atoms. The summed E-state index contributed by atoms with van der Waals surface area (Å²) in [5.41, 5.74) is 5.30. The maximum atomic E-state index is 11.5. The molecule has 0 radical (unpaired) electrons. The highest BCUT2D eigenvalue weighted by Crippen LogP contribution is 2.27. The van der Waals surface area contributed by atoms with Gasteiger partial charge in [-0.15, -0.1) is 0 Å². The Kier molecular flexibility index (Phi) is 6.43. The Morgan fingerprint density at radius 2 is 2.00 bits per heavy atom. The van der Waals surface area contributed by atoms with Crippen molar-refractivity contribution < 1.29 is 10.0 Å². The van der Waals surface area contributed by atoms with Crippen LogP contribution in [-0.2, 0) is 4.79 Å². The Hall–Kier alpha value is -1.26. The molecule has 0 aliphatic heterocycles. The summed E-state index contributed by atoms with van der Waals surface area (Å²) in [6, 6.07) is 0. The van der Waals surface area contributed by atoms with E-state index in [-0.39, 0.29) is 11.7 Å². The van der Waals surface area contributed by atoms with E-state index in [1.165, 1.54) is 32.1 Å². The summed E-state index contributed by atoms with van der Waals surface area (Å²) in [5.74, 6) is 0.956. The lowest BCUT2D eigenvalue weighted by molar-refractivity contribution is -0.121. The van der Waals surface area contributed by atoms with Gasteiger partial charge in [0, 0.05) is 19.4 Å². The number of amidine groups is 1. The zero-order valence-corrected chi connectivity index (χ0v) is 10.3. The molecule has 0 unspecified atom stereocenters. The van der Waals surface area contributed by atoms with Crippen molar-refractivity contribution in [3.63, 3.8) is 0 Å². The molecule has 0 aromatic rings. The minimum atomic E-state index is 0.0707. The fraction of sp³-hybridized carbons (Fsp3) is 0.833. The molecule has 1 saturated carbocycles. The second kappa shape index (κ2) is 7.92. The fourth-order valence-corrected chi connectivity index (χ4v) is 2.28. The van der Waals surface area contributed by atoms with Crippen LogP contribution < -0.4 is 11.1 Å². The van der Waals surface area contributed by atoms with Crippen molar-refractivity contribution in [2.45, 2.75) is 51.4 Å². The molecule has 0 atom stereocenters. The summed E-state index contributed by atoms with van der Waals surface area (Å²) in [5, 5.41) is 13.9. The third kappa shape index (κ3) is 6.14. The van der Waals surface area contributed by atoms with Crippen LogP contribution in [0.15, 0.2) is 5.16 Å². The van der Waals surface area contributed by atoms with Gasteiger partial charge in [-0.25, -0.2) is 0 Å². The monoisotopic (exact) mass is 241 g/mol. The molecule has 0 aromatic carbocycles. The molecule has 1 amide bonds. The van der Waals surface area contributed by atoms with E-state index in [4.69, 9.17) is 10.9 Å². The number of carbonyl (C=O) groups is 1. The molecule has 1 fully saturated rings. The zero-order valence-electron chi connectivity index (χ0n) is 10.3. The zero-order chi connectivity index (χ0) is 12.5. The van der Waals surface area contributed by atoms with E-state index < -0.39 is 0 Å². The first-order chi connectivity index (χ1) is 8.22. The van der Waals surface area contributed by atoms with Crippen LogP contribution in [0.25, 0.3) is 0 Å². The standard InChI is InChI=1S/C12H23N3O2/c13-11(15-17)8-9-14-12(16)7-6-10-4-2-1-3-5-10/h10,17H,1-9H2,(H2,13,15)(H,14,16). The maximum Gasteiger partial charge on any atom is 0.220 e. The number of carbonyl (C=O) groups excluding carboxylic acids is 1. The summed E-state index contributed by atoms with van der Waals surface area (Å²) in [6.07, 6.45) is 8.52. The first-order valence-corrected chi connectivity index (χ1v) is 6.45. The van der Waals surface area contributed by atoms with Crippen molar-refractivity contribution in [2.75, 3.05) is 6.54 Å². The van der Waals surface area contributed by atoms with Crippen LogP contribution in [0.3, 0.4) is 0 Å². The fourth-order valence-electron chi connectivity index (χ4n) is 2.28. The van der Waals surface area contributed by atoms with Crippen molar-refractivity contribution in [2.24, 2.45) is 16.8 Å². The van der Waals surface area contributed by atoms with Crippen LogP contribution in [0.5, 0.6) is 0 Å². The summed E-state index contributed by atoms with van der Waals surface area (Å²) in [4.78, 5) is 11.5. The van der Waals surface area contributed by atoms with Crippen molar-refractivity contribution in [1.29, 1.82) is 0 Å². The van der Waals surface area contributed by atoms with E-state index in [0.29, 0.717) is 19.4 Å². The summed E-state index contributed by atoms with van der Waals surface area (Å²) >= 11 is 0. The topological polar surface area (TPSA) is 87.7 Å². The highest BCUT2D eigenvalue weighted by molar-refractivity contribution is 5.81. The van der Waals surface area contributed by atoms with Crippen LogP contribution in [0.1, 0.15) is 51.4 Å². The van der Waals surface area contributed by atoms with Gasteiger partial charge in [-0.05, 0) is 12.3 Å². The molecule has 0 bridgehead atoms. The second-order valence-corrected chi connectivity index (χ2v) is 4.73. The molecule has 5 heteroatoms. The molecule has 98 valence electrons. The van der Waals surface area contributed by atoms with Crippen molar-refractivity contribution >= 4 is 11.7 Å². The summed E-state index contributed by atoms with van der Waals surface area (Å²) in [6.45, 7) is 0.444. The minimum Gasteiger partial charge on any atom is -0.409 e. The average molecular weight is 241 g/mol. The van der Waals surface area contributed by atoms with Gasteiger partial charge in [0.05, 0.1) is 0 Å². The molecule has 1 aliphatic carbocycles. The normalized spacial score (nSPS) is 18.0.